The second-order valence-electron chi connectivity index (χ2n) is 8.17. The summed E-state index contributed by atoms with van der Waals surface area (Å²) in [7, 11) is 0. The van der Waals surface area contributed by atoms with E-state index in [0.717, 1.165) is 42.2 Å². The predicted molar refractivity (Wildman–Crippen MR) is 109 cm³/mol. The zero-order valence-electron chi connectivity index (χ0n) is 16.3. The summed E-state index contributed by atoms with van der Waals surface area (Å²) in [5.74, 6) is 1.76. The third-order valence-electron chi connectivity index (χ3n) is 6.40. The molecule has 1 aromatic carbocycles. The lowest BCUT2D eigenvalue weighted by atomic mass is 9.99. The van der Waals surface area contributed by atoms with Crippen molar-refractivity contribution in [1.82, 2.24) is 9.80 Å². The van der Waals surface area contributed by atoms with Crippen molar-refractivity contribution in [3.8, 4) is 17.3 Å². The molecule has 0 spiro atoms. The van der Waals surface area contributed by atoms with Gasteiger partial charge < -0.3 is 18.8 Å². The first-order valence-corrected chi connectivity index (χ1v) is 10.5. The summed E-state index contributed by atoms with van der Waals surface area (Å²) in [4.78, 5) is 5.17. The molecule has 0 aliphatic carbocycles. The van der Waals surface area contributed by atoms with E-state index in [-0.39, 0.29) is 0 Å². The molecule has 148 valence electrons. The molecule has 2 saturated heterocycles. The molecule has 0 atom stereocenters. The minimum Gasteiger partial charge on any atom is -0.508 e. The Bertz CT molecular complexity index is 917. The van der Waals surface area contributed by atoms with Gasteiger partial charge >= 0.3 is 0 Å². The lowest BCUT2D eigenvalue weighted by Crippen LogP contribution is -2.46. The zero-order chi connectivity index (χ0) is 18.9. The predicted octanol–water partition coefficient (Wildman–Crippen LogP) is 4.85. The fourth-order valence-electron chi connectivity index (χ4n) is 4.81. The van der Waals surface area contributed by atoms with Crippen molar-refractivity contribution in [3.05, 3.63) is 42.2 Å². The van der Waals surface area contributed by atoms with Crippen LogP contribution >= 0.6 is 0 Å². The van der Waals surface area contributed by atoms with Crippen LogP contribution in [0.25, 0.3) is 22.5 Å². The second kappa shape index (κ2) is 7.64. The number of piperidine rings is 2. The molecule has 0 unspecified atom stereocenters. The van der Waals surface area contributed by atoms with E-state index >= 15 is 0 Å². The number of hydrogen-bond acceptors (Lipinski definition) is 5. The summed E-state index contributed by atoms with van der Waals surface area (Å²) in [5, 5.41) is 11.5. The van der Waals surface area contributed by atoms with Gasteiger partial charge in [-0.25, -0.2) is 0 Å². The Hall–Kier alpha value is -2.24. The van der Waals surface area contributed by atoms with Gasteiger partial charge in [-0.3, -0.25) is 4.90 Å². The van der Waals surface area contributed by atoms with Gasteiger partial charge in [-0.1, -0.05) is 6.42 Å². The first-order valence-electron chi connectivity index (χ1n) is 10.5. The van der Waals surface area contributed by atoms with E-state index in [9.17, 15) is 5.11 Å². The summed E-state index contributed by atoms with van der Waals surface area (Å²) in [6.45, 7) is 5.47. The van der Waals surface area contributed by atoms with Gasteiger partial charge in [0.15, 0.2) is 11.5 Å². The first-order chi connectivity index (χ1) is 13.8. The normalized spacial score (nSPS) is 20.1. The fraction of sp³-hybridized carbons (Fsp3) is 0.478. The monoisotopic (exact) mass is 380 g/mol. The van der Waals surface area contributed by atoms with Gasteiger partial charge in [0.1, 0.15) is 11.3 Å². The number of hydrogen-bond donors (Lipinski definition) is 1. The highest BCUT2D eigenvalue weighted by Gasteiger charge is 2.26. The van der Waals surface area contributed by atoms with Crippen LogP contribution in [0.5, 0.6) is 5.75 Å². The molecule has 5 rings (SSSR count). The van der Waals surface area contributed by atoms with E-state index in [1.54, 1.807) is 12.3 Å². The molecular weight excluding hydrogens is 352 g/mol. The number of nitrogens with zero attached hydrogens (tertiary/aromatic N) is 2. The minimum absolute atomic E-state index is 0.345. The molecule has 3 aromatic rings. The molecule has 5 heteroatoms. The number of benzene rings is 1. The summed E-state index contributed by atoms with van der Waals surface area (Å²) in [5.41, 5.74) is 1.75. The van der Waals surface area contributed by atoms with Gasteiger partial charge in [-0.15, -0.1) is 0 Å². The van der Waals surface area contributed by atoms with Crippen molar-refractivity contribution in [2.75, 3.05) is 26.2 Å². The van der Waals surface area contributed by atoms with E-state index in [4.69, 9.17) is 8.83 Å². The van der Waals surface area contributed by atoms with Crippen LogP contribution < -0.4 is 0 Å². The molecule has 2 aliphatic rings. The molecule has 0 bridgehead atoms. The molecule has 4 heterocycles. The number of furan rings is 2. The average Bonchev–Trinajstić information content (AvgIpc) is 3.41. The van der Waals surface area contributed by atoms with Crippen LogP contribution in [0.2, 0.25) is 0 Å². The van der Waals surface area contributed by atoms with Crippen LogP contribution in [-0.4, -0.2) is 47.1 Å². The van der Waals surface area contributed by atoms with Crippen LogP contribution in [0.1, 0.15) is 37.7 Å². The smallest absolute Gasteiger partial charge is 0.170 e. The lowest BCUT2D eigenvalue weighted by Gasteiger charge is -2.40. The molecule has 0 amide bonds. The number of phenolic OH excluding ortho intramolecular Hbond substituents is 1. The van der Waals surface area contributed by atoms with Gasteiger partial charge in [-0.2, -0.15) is 0 Å². The van der Waals surface area contributed by atoms with Gasteiger partial charge in [0.2, 0.25) is 0 Å². The minimum atomic E-state index is 0.345. The van der Waals surface area contributed by atoms with Crippen LogP contribution in [0.3, 0.4) is 0 Å². The van der Waals surface area contributed by atoms with Crippen LogP contribution in [0.4, 0.5) is 0 Å². The van der Waals surface area contributed by atoms with Crippen molar-refractivity contribution in [1.29, 1.82) is 0 Å². The van der Waals surface area contributed by atoms with Crippen LogP contribution in [0, 0.1) is 0 Å². The third-order valence-corrected chi connectivity index (χ3v) is 6.40. The molecule has 2 aromatic heterocycles. The lowest BCUT2D eigenvalue weighted by molar-refractivity contribution is 0.0895. The molecule has 2 fully saturated rings. The highest BCUT2D eigenvalue weighted by atomic mass is 16.4. The molecular formula is C23H28N2O3. The van der Waals surface area contributed by atoms with Gasteiger partial charge in [0.05, 0.1) is 6.26 Å². The van der Waals surface area contributed by atoms with E-state index in [1.807, 2.05) is 24.3 Å². The number of aromatic hydroxyl groups is 1. The average molecular weight is 380 g/mol. The van der Waals surface area contributed by atoms with Crippen LogP contribution in [0.15, 0.2) is 45.4 Å². The molecule has 0 radical (unpaired) electrons. The Balaban J connectivity index is 1.32. The zero-order valence-corrected chi connectivity index (χ0v) is 16.3. The van der Waals surface area contributed by atoms with Crippen molar-refractivity contribution >= 4 is 11.0 Å². The molecule has 5 nitrogen and oxygen atoms in total. The Morgan fingerprint density at radius 3 is 2.54 bits per heavy atom. The summed E-state index contributed by atoms with van der Waals surface area (Å²) in [6.07, 6.45) is 8.19. The van der Waals surface area contributed by atoms with Gasteiger partial charge in [0.25, 0.3) is 0 Å². The van der Waals surface area contributed by atoms with Crippen molar-refractivity contribution in [2.45, 2.75) is 44.7 Å². The maximum Gasteiger partial charge on any atom is 0.170 e. The molecule has 1 N–H and O–H groups in total. The van der Waals surface area contributed by atoms with E-state index in [2.05, 4.69) is 9.80 Å². The highest BCUT2D eigenvalue weighted by Crippen LogP contribution is 2.35. The summed E-state index contributed by atoms with van der Waals surface area (Å²) < 4.78 is 11.4. The number of fused-ring (bicyclic) bond motifs is 1. The van der Waals surface area contributed by atoms with Crippen molar-refractivity contribution in [3.63, 3.8) is 0 Å². The van der Waals surface area contributed by atoms with Crippen molar-refractivity contribution < 1.29 is 13.9 Å². The maximum atomic E-state index is 10.5. The fourth-order valence-corrected chi connectivity index (χ4v) is 4.81. The number of phenols is 1. The maximum absolute atomic E-state index is 10.5. The van der Waals surface area contributed by atoms with Gasteiger partial charge in [0, 0.05) is 23.5 Å². The van der Waals surface area contributed by atoms with Gasteiger partial charge in [-0.05, 0) is 82.2 Å². The Morgan fingerprint density at radius 1 is 0.964 bits per heavy atom. The number of likely N-dealkylation sites (tertiary alicyclic amines) is 2. The Kier molecular flexibility index (Phi) is 4.87. The molecule has 28 heavy (non-hydrogen) atoms. The summed E-state index contributed by atoms with van der Waals surface area (Å²) >= 11 is 0. The topological polar surface area (TPSA) is 53.0 Å². The quantitative estimate of drug-likeness (QED) is 0.701. The van der Waals surface area contributed by atoms with E-state index in [1.165, 1.54) is 45.2 Å². The second-order valence-corrected chi connectivity index (χ2v) is 8.17. The Labute approximate surface area is 165 Å². The summed E-state index contributed by atoms with van der Waals surface area (Å²) in [6, 6.07) is 10.1. The molecule has 2 aliphatic heterocycles. The molecule has 0 saturated carbocycles. The van der Waals surface area contributed by atoms with E-state index in [0.29, 0.717) is 17.3 Å². The Morgan fingerprint density at radius 2 is 1.79 bits per heavy atom. The third kappa shape index (κ3) is 3.45. The van der Waals surface area contributed by atoms with E-state index < -0.39 is 0 Å². The highest BCUT2D eigenvalue weighted by molar-refractivity contribution is 5.87. The SMILES string of the molecule is Oc1ccc2oc(-c3ccco3)cc2c1CN1CCC(N2CCCCC2)CC1. The standard InChI is InChI=1S/C23H28N2O3/c26-20-6-7-21-18(15-23(28-21)22-5-4-14-27-22)19(20)16-24-12-8-17(9-13-24)25-10-2-1-3-11-25/h4-7,14-15,17,26H,1-3,8-13,16H2. The number of rotatable bonds is 4. The first kappa shape index (κ1) is 17.8. The largest absolute Gasteiger partial charge is 0.508 e. The van der Waals surface area contributed by atoms with Crippen LogP contribution in [-0.2, 0) is 6.54 Å². The van der Waals surface area contributed by atoms with Crippen molar-refractivity contribution in [2.24, 2.45) is 0 Å².